The van der Waals surface area contributed by atoms with Gasteiger partial charge in [-0.15, -0.1) is 0 Å². The summed E-state index contributed by atoms with van der Waals surface area (Å²) in [7, 11) is 0. The van der Waals surface area contributed by atoms with Crippen LogP contribution in [0.15, 0.2) is 54.9 Å². The minimum Gasteiger partial charge on any atom is -0.366 e. The van der Waals surface area contributed by atoms with Crippen LogP contribution in [-0.4, -0.2) is 20.9 Å². The molecular formula is C18H16FN5O. The van der Waals surface area contributed by atoms with E-state index >= 15 is 0 Å². The number of halogens is 1. The van der Waals surface area contributed by atoms with E-state index in [1.807, 2.05) is 12.1 Å². The lowest BCUT2D eigenvalue weighted by Crippen LogP contribution is -2.16. The lowest BCUT2D eigenvalue weighted by molar-refractivity contribution is 0.102. The fourth-order valence-electron chi connectivity index (χ4n) is 2.22. The molecule has 0 saturated carbocycles. The van der Waals surface area contributed by atoms with E-state index in [4.69, 9.17) is 0 Å². The third kappa shape index (κ3) is 4.35. The highest BCUT2D eigenvalue weighted by Gasteiger charge is 2.12. The van der Waals surface area contributed by atoms with Crippen LogP contribution < -0.4 is 10.6 Å². The van der Waals surface area contributed by atoms with E-state index in [-0.39, 0.29) is 11.4 Å². The first-order valence-electron chi connectivity index (χ1n) is 7.66. The molecule has 3 aromatic rings. The number of hydrogen-bond donors (Lipinski definition) is 2. The molecule has 2 heterocycles. The molecule has 0 radical (unpaired) electrons. The van der Waals surface area contributed by atoms with E-state index in [0.29, 0.717) is 18.2 Å². The van der Waals surface area contributed by atoms with Gasteiger partial charge in [-0.05, 0) is 30.7 Å². The number of para-hydroxylation sites is 1. The van der Waals surface area contributed by atoms with Crippen LogP contribution in [0.3, 0.4) is 0 Å². The van der Waals surface area contributed by atoms with Gasteiger partial charge >= 0.3 is 0 Å². The summed E-state index contributed by atoms with van der Waals surface area (Å²) in [6.45, 7) is 2.20. The molecule has 0 saturated heterocycles. The number of pyridine rings is 1. The minimum atomic E-state index is -0.503. The van der Waals surface area contributed by atoms with Gasteiger partial charge in [-0.2, -0.15) is 0 Å². The molecule has 7 heteroatoms. The molecule has 0 atom stereocenters. The Hall–Kier alpha value is -3.35. The highest BCUT2D eigenvalue weighted by atomic mass is 19.1. The first-order chi connectivity index (χ1) is 12.1. The summed E-state index contributed by atoms with van der Waals surface area (Å²) in [6.07, 6.45) is 3.44. The molecule has 2 N–H and O–H groups in total. The first kappa shape index (κ1) is 16.5. The average molecular weight is 337 g/mol. The van der Waals surface area contributed by atoms with Gasteiger partial charge in [-0.3, -0.25) is 9.78 Å². The van der Waals surface area contributed by atoms with E-state index in [1.54, 1.807) is 31.5 Å². The van der Waals surface area contributed by atoms with E-state index in [1.165, 1.54) is 18.2 Å². The van der Waals surface area contributed by atoms with Crippen LogP contribution in [-0.2, 0) is 6.54 Å². The number of amides is 1. The van der Waals surface area contributed by atoms with Crippen LogP contribution in [0.25, 0.3) is 0 Å². The van der Waals surface area contributed by atoms with E-state index < -0.39 is 11.7 Å². The molecular weight excluding hydrogens is 321 g/mol. The van der Waals surface area contributed by atoms with Crippen molar-refractivity contribution in [1.82, 2.24) is 15.0 Å². The summed E-state index contributed by atoms with van der Waals surface area (Å²) in [5.41, 5.74) is 1.24. The molecule has 25 heavy (non-hydrogen) atoms. The van der Waals surface area contributed by atoms with E-state index in [2.05, 4.69) is 25.6 Å². The lowest BCUT2D eigenvalue weighted by atomic mass is 10.2. The third-order valence-corrected chi connectivity index (χ3v) is 3.39. The maximum absolute atomic E-state index is 13.7. The lowest BCUT2D eigenvalue weighted by Gasteiger charge is -2.09. The van der Waals surface area contributed by atoms with Crippen molar-refractivity contribution in [3.05, 3.63) is 77.8 Å². The monoisotopic (exact) mass is 337 g/mol. The number of nitrogens with zero attached hydrogens (tertiary/aromatic N) is 3. The van der Waals surface area contributed by atoms with Crippen LogP contribution in [0.4, 0.5) is 15.9 Å². The minimum absolute atomic E-state index is 0.105. The van der Waals surface area contributed by atoms with Gasteiger partial charge in [-0.25, -0.2) is 14.4 Å². The molecule has 0 bridgehead atoms. The summed E-state index contributed by atoms with van der Waals surface area (Å²) >= 11 is 0. The van der Waals surface area contributed by atoms with E-state index in [9.17, 15) is 9.18 Å². The number of nitrogens with one attached hydrogen (secondary N) is 2. The number of benzene rings is 1. The Morgan fingerprint density at radius 1 is 1.16 bits per heavy atom. The molecule has 6 nitrogen and oxygen atoms in total. The quantitative estimate of drug-likeness (QED) is 0.747. The number of rotatable bonds is 5. The predicted octanol–water partition coefficient (Wildman–Crippen LogP) is 3.18. The second-order valence-electron chi connectivity index (χ2n) is 5.33. The fourth-order valence-corrected chi connectivity index (χ4v) is 2.22. The zero-order valence-corrected chi connectivity index (χ0v) is 13.5. The van der Waals surface area contributed by atoms with Crippen molar-refractivity contribution in [2.45, 2.75) is 13.5 Å². The van der Waals surface area contributed by atoms with Gasteiger partial charge in [0.05, 0.1) is 5.69 Å². The smallest absolute Gasteiger partial charge is 0.274 e. The number of anilines is 2. The molecule has 1 aromatic carbocycles. The number of carbonyl (C=O) groups is 1. The van der Waals surface area contributed by atoms with Gasteiger partial charge in [0.15, 0.2) is 0 Å². The summed E-state index contributed by atoms with van der Waals surface area (Å²) in [5.74, 6) is -0.0542. The van der Waals surface area contributed by atoms with Gasteiger partial charge in [-0.1, -0.05) is 18.2 Å². The second-order valence-corrected chi connectivity index (χ2v) is 5.33. The first-order valence-corrected chi connectivity index (χ1v) is 7.66. The van der Waals surface area contributed by atoms with Gasteiger partial charge in [0.2, 0.25) is 0 Å². The standard InChI is InChI=1S/C18H16FN5O/c1-12-22-16(18(25)24-15-7-3-2-6-14(15)19)9-17(23-12)21-11-13-5-4-8-20-10-13/h2-10H,11H2,1H3,(H,24,25)(H,21,22,23). The third-order valence-electron chi connectivity index (χ3n) is 3.39. The van der Waals surface area contributed by atoms with Crippen LogP contribution in [0.2, 0.25) is 0 Å². The Labute approximate surface area is 144 Å². The summed E-state index contributed by atoms with van der Waals surface area (Å²) in [6, 6.07) is 11.3. The van der Waals surface area contributed by atoms with Crippen LogP contribution in [0, 0.1) is 12.7 Å². The Balaban J connectivity index is 1.74. The number of carbonyl (C=O) groups excluding carboxylic acids is 1. The van der Waals surface area contributed by atoms with Crippen LogP contribution >= 0.6 is 0 Å². The fraction of sp³-hybridized carbons (Fsp3) is 0.111. The van der Waals surface area contributed by atoms with Crippen molar-refractivity contribution in [2.75, 3.05) is 10.6 Å². The Bertz CT molecular complexity index is 886. The molecule has 0 unspecified atom stereocenters. The van der Waals surface area contributed by atoms with Crippen molar-refractivity contribution >= 4 is 17.4 Å². The summed E-state index contributed by atoms with van der Waals surface area (Å²) < 4.78 is 13.7. The largest absolute Gasteiger partial charge is 0.366 e. The average Bonchev–Trinajstić information content (AvgIpc) is 2.62. The van der Waals surface area contributed by atoms with Gasteiger partial charge in [0, 0.05) is 25.0 Å². The van der Waals surface area contributed by atoms with Crippen LogP contribution in [0.1, 0.15) is 21.9 Å². The molecule has 126 valence electrons. The Morgan fingerprint density at radius 2 is 2.00 bits per heavy atom. The van der Waals surface area contributed by atoms with Gasteiger partial charge in [0.1, 0.15) is 23.2 Å². The zero-order valence-electron chi connectivity index (χ0n) is 13.5. The molecule has 3 rings (SSSR count). The normalized spacial score (nSPS) is 10.3. The topological polar surface area (TPSA) is 79.8 Å². The molecule has 0 aliphatic carbocycles. The van der Waals surface area contributed by atoms with E-state index in [0.717, 1.165) is 5.56 Å². The van der Waals surface area contributed by atoms with Crippen molar-refractivity contribution in [3.8, 4) is 0 Å². The summed E-state index contributed by atoms with van der Waals surface area (Å²) in [4.78, 5) is 24.8. The molecule has 0 fully saturated rings. The predicted molar refractivity (Wildman–Crippen MR) is 92.7 cm³/mol. The second kappa shape index (κ2) is 7.48. The Kier molecular flexibility index (Phi) is 4.94. The molecule has 1 amide bonds. The highest BCUT2D eigenvalue weighted by Crippen LogP contribution is 2.15. The highest BCUT2D eigenvalue weighted by molar-refractivity contribution is 6.03. The maximum Gasteiger partial charge on any atom is 0.274 e. The van der Waals surface area contributed by atoms with Crippen molar-refractivity contribution in [2.24, 2.45) is 0 Å². The molecule has 0 aliphatic heterocycles. The maximum atomic E-state index is 13.7. The van der Waals surface area contributed by atoms with Gasteiger partial charge < -0.3 is 10.6 Å². The SMILES string of the molecule is Cc1nc(NCc2cccnc2)cc(C(=O)Nc2ccccc2F)n1. The molecule has 0 aliphatic rings. The van der Waals surface area contributed by atoms with Crippen molar-refractivity contribution in [3.63, 3.8) is 0 Å². The Morgan fingerprint density at radius 3 is 2.76 bits per heavy atom. The number of aryl methyl sites for hydroxylation is 1. The molecule has 2 aromatic heterocycles. The molecule has 0 spiro atoms. The summed E-state index contributed by atoms with van der Waals surface area (Å²) in [5, 5.41) is 5.64. The van der Waals surface area contributed by atoms with Crippen LogP contribution in [0.5, 0.6) is 0 Å². The van der Waals surface area contributed by atoms with Crippen molar-refractivity contribution in [1.29, 1.82) is 0 Å². The number of hydrogen-bond acceptors (Lipinski definition) is 5. The van der Waals surface area contributed by atoms with Crippen molar-refractivity contribution < 1.29 is 9.18 Å². The van der Waals surface area contributed by atoms with Gasteiger partial charge in [0.25, 0.3) is 5.91 Å². The zero-order chi connectivity index (χ0) is 17.6. The number of aromatic nitrogens is 3.